The molecule has 5 rings (SSSR count). The van der Waals surface area contributed by atoms with Gasteiger partial charge in [0, 0.05) is 29.6 Å². The van der Waals surface area contributed by atoms with E-state index >= 15 is 0 Å². The molecule has 2 N–H and O–H groups in total. The number of ether oxygens (including phenoxy) is 1. The first-order valence-corrected chi connectivity index (χ1v) is 10.9. The van der Waals surface area contributed by atoms with Gasteiger partial charge in [-0.1, -0.05) is 43.0 Å². The predicted molar refractivity (Wildman–Crippen MR) is 130 cm³/mol. The molecule has 7 nitrogen and oxygen atoms in total. The second kappa shape index (κ2) is 8.88. The van der Waals surface area contributed by atoms with Crippen molar-refractivity contribution in [3.05, 3.63) is 89.8 Å². The minimum atomic E-state index is -0.245. The first-order chi connectivity index (χ1) is 16.1. The molecule has 0 bridgehead atoms. The topological polar surface area (TPSA) is 81.1 Å². The Morgan fingerprint density at radius 1 is 1.18 bits per heavy atom. The molecular weight excluding hydrogens is 414 g/mol. The van der Waals surface area contributed by atoms with Gasteiger partial charge in [0.1, 0.15) is 5.82 Å². The lowest BCUT2D eigenvalue weighted by Crippen LogP contribution is -2.19. The van der Waals surface area contributed by atoms with E-state index in [2.05, 4.69) is 29.3 Å². The minimum absolute atomic E-state index is 0.245. The molecule has 1 aliphatic rings. The summed E-state index contributed by atoms with van der Waals surface area (Å²) in [7, 11) is 0. The lowest BCUT2D eigenvalue weighted by Gasteiger charge is -2.21. The number of carbonyl (C=O) groups excluding carboxylic acids is 1. The Morgan fingerprint density at radius 2 is 2.03 bits per heavy atom. The van der Waals surface area contributed by atoms with E-state index in [1.54, 1.807) is 0 Å². The van der Waals surface area contributed by atoms with Crippen LogP contribution < -0.4 is 10.6 Å². The number of hydrogen-bond donors (Lipinski definition) is 2. The molecule has 2 aromatic carbocycles. The van der Waals surface area contributed by atoms with Crippen molar-refractivity contribution in [2.75, 3.05) is 17.2 Å². The molecule has 7 heteroatoms. The molecule has 0 aliphatic carbocycles. The third-order valence-electron chi connectivity index (χ3n) is 5.79. The number of hydrogen-bond acceptors (Lipinski definition) is 5. The van der Waals surface area contributed by atoms with Gasteiger partial charge in [0.25, 0.3) is 0 Å². The molecule has 4 aromatic rings. The van der Waals surface area contributed by atoms with Crippen molar-refractivity contribution < 1.29 is 9.53 Å². The second-order valence-electron chi connectivity index (χ2n) is 7.99. The summed E-state index contributed by atoms with van der Waals surface area (Å²) in [6, 6.07) is 18.1. The van der Waals surface area contributed by atoms with Crippen molar-refractivity contribution in [3.8, 4) is 5.95 Å². The Morgan fingerprint density at radius 3 is 2.85 bits per heavy atom. The molecule has 0 unspecified atom stereocenters. The van der Waals surface area contributed by atoms with Crippen molar-refractivity contribution in [1.29, 1.82) is 0 Å². The van der Waals surface area contributed by atoms with Crippen molar-refractivity contribution >= 4 is 28.3 Å². The number of benzene rings is 2. The standard InChI is InChI=1S/C26H25N5O2/c1-3-24(32)28-21-10-7-11-23-19(21)14-17(2)31(23)26-29-22-12-13-33-16-20(22)25(30-26)27-15-18-8-5-4-6-9-18/h3-11,14H,1,12-13,15-16H2,2H3,(H,28,32)(H,27,29,30). The summed E-state index contributed by atoms with van der Waals surface area (Å²) in [5, 5.41) is 7.30. The summed E-state index contributed by atoms with van der Waals surface area (Å²) in [6.45, 7) is 7.36. The van der Waals surface area contributed by atoms with Crippen molar-refractivity contribution in [3.63, 3.8) is 0 Å². The quantitative estimate of drug-likeness (QED) is 0.431. The van der Waals surface area contributed by atoms with Gasteiger partial charge in [0.15, 0.2) is 0 Å². The van der Waals surface area contributed by atoms with E-state index in [4.69, 9.17) is 14.7 Å². The highest BCUT2D eigenvalue weighted by molar-refractivity contribution is 6.06. The Labute approximate surface area is 192 Å². The van der Waals surface area contributed by atoms with Crippen molar-refractivity contribution in [2.24, 2.45) is 0 Å². The Hall–Kier alpha value is -3.97. The zero-order valence-electron chi connectivity index (χ0n) is 18.5. The number of aromatic nitrogens is 3. The fourth-order valence-electron chi connectivity index (χ4n) is 4.17. The zero-order chi connectivity index (χ0) is 22.8. The normalized spacial score (nSPS) is 12.9. The molecular formula is C26H25N5O2. The maximum Gasteiger partial charge on any atom is 0.247 e. The Bertz CT molecular complexity index is 1340. The number of fused-ring (bicyclic) bond motifs is 2. The van der Waals surface area contributed by atoms with Crippen molar-refractivity contribution in [2.45, 2.75) is 26.5 Å². The van der Waals surface area contributed by atoms with Gasteiger partial charge < -0.3 is 15.4 Å². The van der Waals surface area contributed by atoms with Crippen LogP contribution in [0.1, 0.15) is 22.5 Å². The number of carbonyl (C=O) groups is 1. The maximum atomic E-state index is 11.9. The van der Waals surface area contributed by atoms with Gasteiger partial charge >= 0.3 is 0 Å². The monoisotopic (exact) mass is 439 g/mol. The summed E-state index contributed by atoms with van der Waals surface area (Å²) < 4.78 is 7.73. The highest BCUT2D eigenvalue weighted by Gasteiger charge is 2.21. The van der Waals surface area contributed by atoms with E-state index in [9.17, 15) is 4.79 Å². The van der Waals surface area contributed by atoms with Gasteiger partial charge in [-0.25, -0.2) is 4.98 Å². The summed E-state index contributed by atoms with van der Waals surface area (Å²) in [5.41, 5.74) is 5.82. The summed E-state index contributed by atoms with van der Waals surface area (Å²) in [4.78, 5) is 21.7. The van der Waals surface area contributed by atoms with Gasteiger partial charge in [-0.2, -0.15) is 4.98 Å². The van der Waals surface area contributed by atoms with Gasteiger partial charge in [-0.15, -0.1) is 0 Å². The van der Waals surface area contributed by atoms with Crippen LogP contribution >= 0.6 is 0 Å². The van der Waals surface area contributed by atoms with Crippen LogP contribution in [0, 0.1) is 6.92 Å². The number of anilines is 2. The minimum Gasteiger partial charge on any atom is -0.376 e. The fourth-order valence-corrected chi connectivity index (χ4v) is 4.17. The average Bonchev–Trinajstić information content (AvgIpc) is 3.19. The van der Waals surface area contributed by atoms with Gasteiger partial charge in [0.05, 0.1) is 30.1 Å². The van der Waals surface area contributed by atoms with Crippen LogP contribution in [0.4, 0.5) is 11.5 Å². The molecule has 3 heterocycles. The number of rotatable bonds is 6. The lowest BCUT2D eigenvalue weighted by atomic mass is 10.1. The van der Waals surface area contributed by atoms with E-state index in [0.717, 1.165) is 45.8 Å². The first kappa shape index (κ1) is 20.9. The largest absolute Gasteiger partial charge is 0.376 e. The molecule has 166 valence electrons. The Kier molecular flexibility index (Phi) is 5.62. The molecule has 0 saturated heterocycles. The van der Waals surface area contributed by atoms with E-state index in [1.165, 1.54) is 11.6 Å². The summed E-state index contributed by atoms with van der Waals surface area (Å²) in [6.07, 6.45) is 2.01. The highest BCUT2D eigenvalue weighted by Crippen LogP contribution is 2.31. The first-order valence-electron chi connectivity index (χ1n) is 10.9. The van der Waals surface area contributed by atoms with E-state index in [-0.39, 0.29) is 5.91 Å². The fraction of sp³-hybridized carbons (Fsp3) is 0.192. The van der Waals surface area contributed by atoms with Crippen LogP contribution in [-0.4, -0.2) is 27.0 Å². The molecule has 0 atom stereocenters. The van der Waals surface area contributed by atoms with Crippen LogP contribution in [0.25, 0.3) is 16.9 Å². The van der Waals surface area contributed by atoms with Crippen molar-refractivity contribution in [1.82, 2.24) is 14.5 Å². The van der Waals surface area contributed by atoms with Crippen LogP contribution in [0.2, 0.25) is 0 Å². The van der Waals surface area contributed by atoms with Gasteiger partial charge in [-0.05, 0) is 36.8 Å². The number of aryl methyl sites for hydroxylation is 1. The highest BCUT2D eigenvalue weighted by atomic mass is 16.5. The lowest BCUT2D eigenvalue weighted by molar-refractivity contribution is -0.111. The summed E-state index contributed by atoms with van der Waals surface area (Å²) >= 11 is 0. The number of nitrogens with zero attached hydrogens (tertiary/aromatic N) is 3. The number of amides is 1. The van der Waals surface area contributed by atoms with Crippen LogP contribution in [-0.2, 0) is 29.1 Å². The number of nitrogens with one attached hydrogen (secondary N) is 2. The third kappa shape index (κ3) is 4.10. The summed E-state index contributed by atoms with van der Waals surface area (Å²) in [5.74, 6) is 1.15. The van der Waals surface area contributed by atoms with Gasteiger partial charge in [-0.3, -0.25) is 9.36 Å². The molecule has 0 radical (unpaired) electrons. The molecule has 2 aromatic heterocycles. The Balaban J connectivity index is 1.59. The third-order valence-corrected chi connectivity index (χ3v) is 5.79. The zero-order valence-corrected chi connectivity index (χ0v) is 18.5. The van der Waals surface area contributed by atoms with E-state index in [1.807, 2.05) is 54.0 Å². The predicted octanol–water partition coefficient (Wildman–Crippen LogP) is 4.54. The second-order valence-corrected chi connectivity index (χ2v) is 7.99. The van der Waals surface area contributed by atoms with Crippen LogP contribution in [0.3, 0.4) is 0 Å². The maximum absolute atomic E-state index is 11.9. The van der Waals surface area contributed by atoms with Crippen LogP contribution in [0.15, 0.2) is 67.3 Å². The van der Waals surface area contributed by atoms with Gasteiger partial charge in [0.2, 0.25) is 11.9 Å². The molecule has 0 saturated carbocycles. The molecule has 1 amide bonds. The molecule has 1 aliphatic heterocycles. The average molecular weight is 440 g/mol. The molecule has 0 spiro atoms. The van der Waals surface area contributed by atoms with E-state index < -0.39 is 0 Å². The van der Waals surface area contributed by atoms with E-state index in [0.29, 0.717) is 25.7 Å². The molecule has 33 heavy (non-hydrogen) atoms. The smallest absolute Gasteiger partial charge is 0.247 e. The SMILES string of the molecule is C=CC(=O)Nc1cccc2c1cc(C)n2-c1nc2c(c(NCc3ccccc3)n1)COCC2. The molecule has 0 fully saturated rings. The van der Waals surface area contributed by atoms with Crippen LogP contribution in [0.5, 0.6) is 0 Å².